The van der Waals surface area contributed by atoms with Gasteiger partial charge in [0.2, 0.25) is 5.89 Å². The highest BCUT2D eigenvalue weighted by Crippen LogP contribution is 2.20. The minimum atomic E-state index is 0. The Hall–Kier alpha value is -0.830. The molecule has 0 saturated carbocycles. The number of aliphatic imine (C=N–C) groups is 1. The Bertz CT molecular complexity index is 540. The topological polar surface area (TPSA) is 70.9 Å². The van der Waals surface area contributed by atoms with Gasteiger partial charge < -0.3 is 15.1 Å². The van der Waals surface area contributed by atoms with Crippen LogP contribution in [0.15, 0.2) is 9.41 Å². The van der Waals surface area contributed by atoms with Crippen molar-refractivity contribution < 1.29 is 4.42 Å². The summed E-state index contributed by atoms with van der Waals surface area (Å²) >= 11 is 0. The van der Waals surface area contributed by atoms with E-state index in [0.29, 0.717) is 5.92 Å². The van der Waals surface area contributed by atoms with Gasteiger partial charge in [-0.3, -0.25) is 9.89 Å². The van der Waals surface area contributed by atoms with Crippen LogP contribution in [-0.2, 0) is 6.54 Å². The molecule has 1 aromatic heterocycles. The van der Waals surface area contributed by atoms with Crippen LogP contribution in [0, 0.1) is 19.8 Å². The van der Waals surface area contributed by atoms with Crippen molar-refractivity contribution in [1.82, 2.24) is 14.8 Å². The van der Waals surface area contributed by atoms with Crippen molar-refractivity contribution in [1.29, 1.82) is 0 Å². The largest absolute Gasteiger partial charge is 0.444 e. The molecule has 0 radical (unpaired) electrons. The molecule has 1 aromatic rings. The van der Waals surface area contributed by atoms with Crippen LogP contribution in [0.25, 0.3) is 0 Å². The molecule has 2 N–H and O–H groups in total. The molecule has 3 heterocycles. The van der Waals surface area contributed by atoms with Crippen molar-refractivity contribution in [3.05, 3.63) is 17.3 Å². The predicted molar refractivity (Wildman–Crippen MR) is 111 cm³/mol. The van der Waals surface area contributed by atoms with Gasteiger partial charge in [0.1, 0.15) is 5.76 Å². The molecule has 25 heavy (non-hydrogen) atoms. The molecule has 2 fully saturated rings. The third-order valence-electron chi connectivity index (χ3n) is 5.33. The van der Waals surface area contributed by atoms with Gasteiger partial charge in [-0.1, -0.05) is 0 Å². The van der Waals surface area contributed by atoms with E-state index in [-0.39, 0.29) is 24.0 Å². The number of halogens is 1. The molecule has 0 atom stereocenters. The Labute approximate surface area is 168 Å². The van der Waals surface area contributed by atoms with Crippen molar-refractivity contribution in [3.8, 4) is 0 Å². The Morgan fingerprint density at radius 3 is 2.44 bits per heavy atom. The maximum absolute atomic E-state index is 6.16. The number of hydrogen-bond acceptors (Lipinski definition) is 4. The van der Waals surface area contributed by atoms with E-state index in [1.165, 1.54) is 32.1 Å². The number of piperidine rings is 2. The number of guanidine groups is 1. The van der Waals surface area contributed by atoms with Crippen LogP contribution in [0.2, 0.25) is 0 Å². The van der Waals surface area contributed by atoms with E-state index in [1.807, 2.05) is 13.8 Å². The van der Waals surface area contributed by atoms with Gasteiger partial charge in [-0.2, -0.15) is 0 Å². The Morgan fingerprint density at radius 2 is 1.84 bits per heavy atom. The molecule has 6 nitrogen and oxygen atoms in total. The van der Waals surface area contributed by atoms with Crippen LogP contribution >= 0.6 is 24.0 Å². The molecule has 0 aromatic carbocycles. The molecule has 0 unspecified atom stereocenters. The first-order valence-corrected chi connectivity index (χ1v) is 9.32. The summed E-state index contributed by atoms with van der Waals surface area (Å²) in [5.74, 6) is 3.18. The molecule has 0 bridgehead atoms. The molecule has 3 rings (SSSR count). The molecule has 0 amide bonds. The summed E-state index contributed by atoms with van der Waals surface area (Å²) in [6.45, 7) is 9.98. The second-order valence-electron chi connectivity index (χ2n) is 7.22. The summed E-state index contributed by atoms with van der Waals surface area (Å²) < 4.78 is 5.69. The van der Waals surface area contributed by atoms with Crippen molar-refractivity contribution in [3.63, 3.8) is 0 Å². The van der Waals surface area contributed by atoms with Gasteiger partial charge in [0.15, 0.2) is 5.96 Å². The van der Waals surface area contributed by atoms with Crippen LogP contribution < -0.4 is 5.73 Å². The van der Waals surface area contributed by atoms with Crippen molar-refractivity contribution in [2.24, 2.45) is 16.6 Å². The van der Waals surface area contributed by atoms with E-state index in [4.69, 9.17) is 10.2 Å². The summed E-state index contributed by atoms with van der Waals surface area (Å²) in [4.78, 5) is 13.8. The summed E-state index contributed by atoms with van der Waals surface area (Å²) in [5.41, 5.74) is 7.16. The summed E-state index contributed by atoms with van der Waals surface area (Å²) in [6.07, 6.45) is 6.17. The number of aryl methyl sites for hydroxylation is 2. The fraction of sp³-hybridized carbons (Fsp3) is 0.778. The number of nitrogens with two attached hydrogens (primary N) is 1. The SMILES string of the molecule is Cc1nc(CN2CCC(CN=C(N)N3CCCCC3)CC2)oc1C.I. The zero-order chi connectivity index (χ0) is 16.9. The minimum absolute atomic E-state index is 0. The Kier molecular flexibility index (Phi) is 7.99. The van der Waals surface area contributed by atoms with E-state index >= 15 is 0 Å². The third kappa shape index (κ3) is 5.84. The van der Waals surface area contributed by atoms with Gasteiger partial charge in [-0.05, 0) is 65.0 Å². The number of likely N-dealkylation sites (tertiary alicyclic amines) is 2. The zero-order valence-electron chi connectivity index (χ0n) is 15.5. The molecular weight excluding hydrogens is 429 g/mol. The Morgan fingerprint density at radius 1 is 1.16 bits per heavy atom. The van der Waals surface area contributed by atoms with Crippen LogP contribution in [0.4, 0.5) is 0 Å². The maximum Gasteiger partial charge on any atom is 0.208 e. The summed E-state index contributed by atoms with van der Waals surface area (Å²) in [5, 5.41) is 0. The van der Waals surface area contributed by atoms with Crippen LogP contribution in [0.1, 0.15) is 49.4 Å². The highest BCUT2D eigenvalue weighted by atomic mass is 127. The lowest BCUT2D eigenvalue weighted by atomic mass is 9.97. The molecular formula is C18H32IN5O. The molecule has 2 saturated heterocycles. The molecule has 2 aliphatic heterocycles. The smallest absolute Gasteiger partial charge is 0.208 e. The highest BCUT2D eigenvalue weighted by molar-refractivity contribution is 14.0. The van der Waals surface area contributed by atoms with Crippen LogP contribution in [-0.4, -0.2) is 53.5 Å². The lowest BCUT2D eigenvalue weighted by Crippen LogP contribution is -2.41. The van der Waals surface area contributed by atoms with E-state index in [0.717, 1.165) is 62.6 Å². The normalized spacial score (nSPS) is 20.6. The first kappa shape index (κ1) is 20.5. The molecule has 0 aliphatic carbocycles. The third-order valence-corrected chi connectivity index (χ3v) is 5.33. The van der Waals surface area contributed by atoms with Gasteiger partial charge in [0, 0.05) is 19.6 Å². The highest BCUT2D eigenvalue weighted by Gasteiger charge is 2.21. The summed E-state index contributed by atoms with van der Waals surface area (Å²) in [7, 11) is 0. The monoisotopic (exact) mass is 461 g/mol. The van der Waals surface area contributed by atoms with Gasteiger partial charge in [0.05, 0.1) is 12.2 Å². The van der Waals surface area contributed by atoms with Crippen LogP contribution in [0.5, 0.6) is 0 Å². The van der Waals surface area contributed by atoms with Gasteiger partial charge in [-0.15, -0.1) is 24.0 Å². The molecule has 7 heteroatoms. The molecule has 2 aliphatic rings. The van der Waals surface area contributed by atoms with Crippen LogP contribution in [0.3, 0.4) is 0 Å². The average Bonchev–Trinajstić information content (AvgIpc) is 2.92. The first-order valence-electron chi connectivity index (χ1n) is 9.32. The number of aromatic nitrogens is 1. The van der Waals surface area contributed by atoms with Crippen molar-refractivity contribution in [2.75, 3.05) is 32.7 Å². The lowest BCUT2D eigenvalue weighted by Gasteiger charge is -2.31. The van der Waals surface area contributed by atoms with E-state index < -0.39 is 0 Å². The predicted octanol–water partition coefficient (Wildman–Crippen LogP) is 2.92. The van der Waals surface area contributed by atoms with Gasteiger partial charge in [0.25, 0.3) is 0 Å². The second kappa shape index (κ2) is 9.75. The molecule has 142 valence electrons. The minimum Gasteiger partial charge on any atom is -0.444 e. The van der Waals surface area contributed by atoms with Gasteiger partial charge >= 0.3 is 0 Å². The fourth-order valence-electron chi connectivity index (χ4n) is 3.57. The van der Waals surface area contributed by atoms with Crippen molar-refractivity contribution >= 4 is 29.9 Å². The maximum atomic E-state index is 6.16. The number of rotatable bonds is 4. The quantitative estimate of drug-likeness (QED) is 0.424. The second-order valence-corrected chi connectivity index (χ2v) is 7.22. The van der Waals surface area contributed by atoms with Crippen molar-refractivity contribution in [2.45, 2.75) is 52.5 Å². The lowest BCUT2D eigenvalue weighted by molar-refractivity contribution is 0.166. The average molecular weight is 461 g/mol. The number of nitrogens with zero attached hydrogens (tertiary/aromatic N) is 4. The number of hydrogen-bond donors (Lipinski definition) is 1. The summed E-state index contributed by atoms with van der Waals surface area (Å²) in [6, 6.07) is 0. The van der Waals surface area contributed by atoms with E-state index in [1.54, 1.807) is 0 Å². The van der Waals surface area contributed by atoms with Gasteiger partial charge in [-0.25, -0.2) is 4.98 Å². The van der Waals surface area contributed by atoms with E-state index in [9.17, 15) is 0 Å². The fourth-order valence-corrected chi connectivity index (χ4v) is 3.57. The van der Waals surface area contributed by atoms with E-state index in [2.05, 4.69) is 19.8 Å². The zero-order valence-corrected chi connectivity index (χ0v) is 17.9. The molecule has 0 spiro atoms. The standard InChI is InChI=1S/C18H31N5O.HI/c1-14-15(2)24-17(21-14)13-22-10-6-16(7-11-22)12-20-18(19)23-8-4-3-5-9-23;/h16H,3-13H2,1-2H3,(H2,19,20);1H. The Balaban J connectivity index is 0.00000225. The first-order chi connectivity index (χ1) is 11.6. The number of oxazole rings is 1.